The van der Waals surface area contributed by atoms with Gasteiger partial charge in [0.25, 0.3) is 0 Å². The zero-order valence-corrected chi connectivity index (χ0v) is 10.9. The fraction of sp³-hybridized carbons (Fsp3) is 1.00. The molecule has 0 saturated heterocycles. The molecule has 0 aromatic carbocycles. The van der Waals surface area contributed by atoms with Crippen molar-refractivity contribution in [2.75, 3.05) is 0 Å². The van der Waals surface area contributed by atoms with E-state index >= 15 is 0 Å². The van der Waals surface area contributed by atoms with Gasteiger partial charge >= 0.3 is 15.4 Å². The van der Waals surface area contributed by atoms with Crippen LogP contribution >= 0.6 is 0 Å². The Morgan fingerprint density at radius 3 is 2.06 bits per heavy atom. The van der Waals surface area contributed by atoms with Crippen molar-refractivity contribution in [3.05, 3.63) is 0 Å². The largest absolute Gasteiger partial charge is 0.370 e. The van der Waals surface area contributed by atoms with E-state index in [0.717, 1.165) is 12.8 Å². The zero-order valence-electron chi connectivity index (χ0n) is 10.0. The minimum atomic E-state index is -5.30. The molecule has 0 radical (unpaired) electrons. The molecular formula is C11H18F2O3S. The lowest BCUT2D eigenvalue weighted by molar-refractivity contribution is -0.0118. The minimum absolute atomic E-state index is 0.263. The van der Waals surface area contributed by atoms with Crippen LogP contribution in [0.1, 0.15) is 46.0 Å². The van der Waals surface area contributed by atoms with E-state index in [2.05, 4.69) is 0 Å². The van der Waals surface area contributed by atoms with Crippen LogP contribution in [0.25, 0.3) is 0 Å². The van der Waals surface area contributed by atoms with E-state index in [1.54, 1.807) is 0 Å². The molecule has 2 aliphatic carbocycles. The SMILES string of the molecule is CC1(C)C2CCC1(CC(F)(F)S(=O)(=O)O)CC2. The van der Waals surface area contributed by atoms with Crippen molar-refractivity contribution in [3.8, 4) is 0 Å². The van der Waals surface area contributed by atoms with Crippen LogP contribution in [0.2, 0.25) is 0 Å². The summed E-state index contributed by atoms with van der Waals surface area (Å²) in [6.45, 7) is 3.88. The highest BCUT2D eigenvalue weighted by molar-refractivity contribution is 7.86. The summed E-state index contributed by atoms with van der Waals surface area (Å²) >= 11 is 0. The molecule has 0 amide bonds. The Morgan fingerprint density at radius 1 is 1.29 bits per heavy atom. The van der Waals surface area contributed by atoms with Gasteiger partial charge in [0.2, 0.25) is 0 Å². The Balaban J connectivity index is 2.31. The summed E-state index contributed by atoms with van der Waals surface area (Å²) in [5.41, 5.74) is -0.905. The molecule has 0 aromatic heterocycles. The van der Waals surface area contributed by atoms with Gasteiger partial charge in [-0.05, 0) is 42.4 Å². The first-order chi connectivity index (χ1) is 7.52. The predicted molar refractivity (Wildman–Crippen MR) is 59.3 cm³/mol. The van der Waals surface area contributed by atoms with Crippen LogP contribution < -0.4 is 0 Å². The maximum absolute atomic E-state index is 13.5. The number of hydrogen-bond acceptors (Lipinski definition) is 2. The summed E-state index contributed by atoms with van der Waals surface area (Å²) in [7, 11) is -5.30. The van der Waals surface area contributed by atoms with Crippen LogP contribution in [0.3, 0.4) is 0 Å². The lowest BCUT2D eigenvalue weighted by atomic mass is 9.67. The van der Waals surface area contributed by atoms with Gasteiger partial charge in [-0.25, -0.2) is 0 Å². The number of halogens is 2. The van der Waals surface area contributed by atoms with Crippen molar-refractivity contribution in [1.82, 2.24) is 0 Å². The molecule has 100 valence electrons. The molecule has 2 rings (SSSR count). The summed E-state index contributed by atoms with van der Waals surface area (Å²) < 4.78 is 57.2. The van der Waals surface area contributed by atoms with Crippen molar-refractivity contribution in [3.63, 3.8) is 0 Å². The Labute approximate surface area is 100 Å². The average molecular weight is 268 g/mol. The highest BCUT2D eigenvalue weighted by atomic mass is 32.2. The van der Waals surface area contributed by atoms with Crippen LogP contribution in [-0.2, 0) is 10.1 Å². The molecule has 0 unspecified atom stereocenters. The van der Waals surface area contributed by atoms with Crippen molar-refractivity contribution in [2.24, 2.45) is 16.7 Å². The van der Waals surface area contributed by atoms with Gasteiger partial charge in [0, 0.05) is 6.42 Å². The lowest BCUT2D eigenvalue weighted by Crippen LogP contribution is -2.40. The van der Waals surface area contributed by atoms with Crippen molar-refractivity contribution < 1.29 is 21.8 Å². The smallest absolute Gasteiger partial charge is 0.281 e. The lowest BCUT2D eigenvalue weighted by Gasteiger charge is -2.39. The van der Waals surface area contributed by atoms with Gasteiger partial charge in [0.1, 0.15) is 0 Å². The molecule has 2 fully saturated rings. The van der Waals surface area contributed by atoms with E-state index in [1.807, 2.05) is 13.8 Å². The second kappa shape index (κ2) is 3.41. The molecule has 3 nitrogen and oxygen atoms in total. The quantitative estimate of drug-likeness (QED) is 0.800. The topological polar surface area (TPSA) is 54.4 Å². The molecule has 0 heterocycles. The summed E-state index contributed by atoms with van der Waals surface area (Å²) in [6.07, 6.45) is 2.29. The molecule has 2 aliphatic rings. The predicted octanol–water partition coefficient (Wildman–Crippen LogP) is 3.07. The van der Waals surface area contributed by atoms with E-state index in [1.165, 1.54) is 0 Å². The van der Waals surface area contributed by atoms with Gasteiger partial charge in [0.05, 0.1) is 0 Å². The molecule has 6 heteroatoms. The van der Waals surface area contributed by atoms with E-state index in [0.29, 0.717) is 18.8 Å². The summed E-state index contributed by atoms with van der Waals surface area (Å²) in [4.78, 5) is 0. The van der Waals surface area contributed by atoms with E-state index in [4.69, 9.17) is 4.55 Å². The molecule has 0 atom stereocenters. The van der Waals surface area contributed by atoms with E-state index in [9.17, 15) is 17.2 Å². The molecule has 0 aliphatic heterocycles. The first-order valence-electron chi connectivity index (χ1n) is 5.87. The molecule has 2 saturated carbocycles. The minimum Gasteiger partial charge on any atom is -0.281 e. The number of fused-ring (bicyclic) bond motifs is 2. The Morgan fingerprint density at radius 2 is 1.76 bits per heavy atom. The number of alkyl halides is 2. The second-order valence-electron chi connectivity index (χ2n) is 6.07. The number of hydrogen-bond donors (Lipinski definition) is 1. The summed E-state index contributed by atoms with van der Waals surface area (Å²) in [6, 6.07) is 0. The third-order valence-corrected chi connectivity index (χ3v) is 6.15. The average Bonchev–Trinajstić information content (AvgIpc) is 2.49. The van der Waals surface area contributed by atoms with Gasteiger partial charge < -0.3 is 0 Å². The first kappa shape index (κ1) is 13.2. The van der Waals surface area contributed by atoms with Crippen molar-refractivity contribution in [2.45, 2.75) is 51.2 Å². The molecule has 17 heavy (non-hydrogen) atoms. The van der Waals surface area contributed by atoms with Crippen LogP contribution in [-0.4, -0.2) is 18.2 Å². The Bertz CT molecular complexity index is 420. The van der Waals surface area contributed by atoms with Crippen molar-refractivity contribution >= 4 is 10.1 Å². The highest BCUT2D eigenvalue weighted by Crippen LogP contribution is 2.68. The van der Waals surface area contributed by atoms with Crippen LogP contribution in [0.15, 0.2) is 0 Å². The fourth-order valence-corrected chi connectivity index (χ4v) is 4.32. The van der Waals surface area contributed by atoms with E-state index < -0.39 is 27.2 Å². The van der Waals surface area contributed by atoms with Gasteiger partial charge in [-0.1, -0.05) is 13.8 Å². The fourth-order valence-electron chi connectivity index (χ4n) is 3.86. The van der Waals surface area contributed by atoms with Crippen molar-refractivity contribution in [1.29, 1.82) is 0 Å². The highest BCUT2D eigenvalue weighted by Gasteiger charge is 2.63. The zero-order chi connectivity index (χ0) is 13.1. The Hall–Kier alpha value is -0.230. The second-order valence-corrected chi connectivity index (χ2v) is 7.61. The monoisotopic (exact) mass is 268 g/mol. The van der Waals surface area contributed by atoms with Gasteiger partial charge in [-0.15, -0.1) is 0 Å². The maximum Gasteiger partial charge on any atom is 0.370 e. The van der Waals surface area contributed by atoms with Crippen LogP contribution in [0.5, 0.6) is 0 Å². The standard InChI is InChI=1S/C11H18F2O3S/c1-9(2)8-3-5-10(9,6-4-8)7-11(12,13)17(14,15)16/h8H,3-7H2,1-2H3,(H,14,15,16). The number of rotatable bonds is 3. The summed E-state index contributed by atoms with van der Waals surface area (Å²) in [5.74, 6) is 0.402. The first-order valence-corrected chi connectivity index (χ1v) is 7.31. The molecule has 0 spiro atoms. The normalized spacial score (nSPS) is 36.4. The third-order valence-electron chi connectivity index (χ3n) is 5.25. The molecule has 1 N–H and O–H groups in total. The van der Waals surface area contributed by atoms with Gasteiger partial charge in [-0.3, -0.25) is 4.55 Å². The van der Waals surface area contributed by atoms with Gasteiger partial charge in [-0.2, -0.15) is 17.2 Å². The molecular weight excluding hydrogens is 250 g/mol. The van der Waals surface area contributed by atoms with E-state index in [-0.39, 0.29) is 5.41 Å². The third kappa shape index (κ3) is 1.71. The van der Waals surface area contributed by atoms with Crippen LogP contribution in [0.4, 0.5) is 8.78 Å². The Kier molecular flexibility index (Phi) is 2.65. The van der Waals surface area contributed by atoms with Crippen LogP contribution in [0, 0.1) is 16.7 Å². The summed E-state index contributed by atoms with van der Waals surface area (Å²) in [5, 5.41) is -4.02. The molecule has 0 aromatic rings. The molecule has 2 bridgehead atoms. The maximum atomic E-state index is 13.5. The van der Waals surface area contributed by atoms with Gasteiger partial charge in [0.15, 0.2) is 0 Å².